The number of nitrogens with one attached hydrogen (secondary N) is 4. The second kappa shape index (κ2) is 9.90. The van der Waals surface area contributed by atoms with Crippen molar-refractivity contribution in [3.05, 3.63) is 66.5 Å². The van der Waals surface area contributed by atoms with Crippen LogP contribution in [0.3, 0.4) is 0 Å². The first kappa shape index (κ1) is 20.6. The molecule has 4 rings (SSSR count). The predicted molar refractivity (Wildman–Crippen MR) is 122 cm³/mol. The maximum atomic E-state index is 12.9. The van der Waals surface area contributed by atoms with E-state index in [-0.39, 0.29) is 11.7 Å². The molecule has 4 N–H and O–H groups in total. The number of hydrogen-bond donors (Lipinski definition) is 4. The molecule has 0 saturated carbocycles. The van der Waals surface area contributed by atoms with E-state index in [1.807, 2.05) is 36.4 Å². The number of anilines is 2. The van der Waals surface area contributed by atoms with E-state index in [0.717, 1.165) is 42.8 Å². The molecular formula is C23H26N6O2. The average Bonchev–Trinajstić information content (AvgIpc) is 3.24. The zero-order valence-electron chi connectivity index (χ0n) is 17.4. The van der Waals surface area contributed by atoms with Crippen LogP contribution in [0.1, 0.15) is 25.6 Å². The van der Waals surface area contributed by atoms with Gasteiger partial charge in [0.25, 0.3) is 5.91 Å². The van der Waals surface area contributed by atoms with E-state index >= 15 is 0 Å². The molecule has 0 fully saturated rings. The van der Waals surface area contributed by atoms with Crippen LogP contribution in [0.5, 0.6) is 0 Å². The van der Waals surface area contributed by atoms with E-state index in [0.29, 0.717) is 23.7 Å². The Bertz CT molecular complexity index is 1080. The fraction of sp³-hybridized carbons (Fsp3) is 0.261. The summed E-state index contributed by atoms with van der Waals surface area (Å²) in [6, 6.07) is 9.59. The fourth-order valence-electron chi connectivity index (χ4n) is 3.25. The summed E-state index contributed by atoms with van der Waals surface area (Å²) in [5.41, 5.74) is 3.18. The molecule has 1 aliphatic rings. The zero-order chi connectivity index (χ0) is 21.5. The van der Waals surface area contributed by atoms with Crippen molar-refractivity contribution in [3.8, 4) is 0 Å². The van der Waals surface area contributed by atoms with Crippen LogP contribution in [-0.4, -0.2) is 40.5 Å². The van der Waals surface area contributed by atoms with E-state index in [9.17, 15) is 4.79 Å². The third-order valence-corrected chi connectivity index (χ3v) is 4.79. The standard InChI is InChI=1S/C23H26N6O2/c1-2-11-24-13-14-26-16-10-12-25-15-19(16)29-23(30)21-9-5-8-20(31-21)22-27-17-6-3-4-7-18(17)28-22/h3-4,6-10,12,15,24H,2,5,11,13-14H2,1H3,(H,25,26)(H,27,28)(H,29,30). The summed E-state index contributed by atoms with van der Waals surface area (Å²) in [6.45, 7) is 4.69. The zero-order valence-corrected chi connectivity index (χ0v) is 17.4. The second-order valence-electron chi connectivity index (χ2n) is 7.13. The number of ether oxygens (including phenoxy) is 1. The number of carbonyl (C=O) groups is 1. The molecule has 8 heteroatoms. The number of carbonyl (C=O) groups excluding carboxylic acids is 1. The third-order valence-electron chi connectivity index (χ3n) is 4.79. The highest BCUT2D eigenvalue weighted by Gasteiger charge is 2.20. The first-order valence-corrected chi connectivity index (χ1v) is 10.5. The van der Waals surface area contributed by atoms with Crippen LogP contribution >= 0.6 is 0 Å². The average molecular weight is 419 g/mol. The normalized spacial score (nSPS) is 13.3. The van der Waals surface area contributed by atoms with Crippen LogP contribution in [0.2, 0.25) is 0 Å². The highest BCUT2D eigenvalue weighted by molar-refractivity contribution is 6.04. The lowest BCUT2D eigenvalue weighted by atomic mass is 10.2. The van der Waals surface area contributed by atoms with Crippen molar-refractivity contribution in [2.45, 2.75) is 19.8 Å². The molecule has 31 heavy (non-hydrogen) atoms. The largest absolute Gasteiger partial charge is 0.448 e. The summed E-state index contributed by atoms with van der Waals surface area (Å²) in [5, 5.41) is 9.56. The van der Waals surface area contributed by atoms with Crippen LogP contribution in [0, 0.1) is 0 Å². The predicted octanol–water partition coefficient (Wildman–Crippen LogP) is 3.65. The molecule has 0 unspecified atom stereocenters. The van der Waals surface area contributed by atoms with Crippen molar-refractivity contribution >= 4 is 34.1 Å². The summed E-state index contributed by atoms with van der Waals surface area (Å²) < 4.78 is 5.87. The Morgan fingerprint density at radius 2 is 2.03 bits per heavy atom. The van der Waals surface area contributed by atoms with Gasteiger partial charge < -0.3 is 25.7 Å². The molecule has 1 amide bonds. The Kier molecular flexibility index (Phi) is 6.59. The third kappa shape index (κ3) is 5.10. The van der Waals surface area contributed by atoms with E-state index in [2.05, 4.69) is 37.8 Å². The Labute approximate surface area is 180 Å². The van der Waals surface area contributed by atoms with Crippen LogP contribution < -0.4 is 16.0 Å². The van der Waals surface area contributed by atoms with Gasteiger partial charge in [-0.3, -0.25) is 9.78 Å². The number of nitrogens with zero attached hydrogens (tertiary/aromatic N) is 2. The molecule has 0 bridgehead atoms. The summed E-state index contributed by atoms with van der Waals surface area (Å²) >= 11 is 0. The lowest BCUT2D eigenvalue weighted by Crippen LogP contribution is -2.23. The van der Waals surface area contributed by atoms with Gasteiger partial charge in [-0.2, -0.15) is 0 Å². The number of benzene rings is 1. The lowest BCUT2D eigenvalue weighted by molar-refractivity contribution is -0.115. The van der Waals surface area contributed by atoms with Gasteiger partial charge in [-0.1, -0.05) is 19.1 Å². The van der Waals surface area contributed by atoms with Gasteiger partial charge in [-0.05, 0) is 49.7 Å². The van der Waals surface area contributed by atoms with Crippen molar-refractivity contribution in [2.75, 3.05) is 30.3 Å². The first-order chi connectivity index (χ1) is 15.2. The van der Waals surface area contributed by atoms with Crippen molar-refractivity contribution in [1.82, 2.24) is 20.3 Å². The second-order valence-corrected chi connectivity index (χ2v) is 7.13. The molecule has 0 spiro atoms. The summed E-state index contributed by atoms with van der Waals surface area (Å²) in [7, 11) is 0. The molecule has 3 heterocycles. The minimum absolute atomic E-state index is 0.234. The molecule has 0 radical (unpaired) electrons. The van der Waals surface area contributed by atoms with E-state index in [1.54, 1.807) is 18.5 Å². The molecule has 3 aromatic rings. The number of rotatable bonds is 9. The van der Waals surface area contributed by atoms with Gasteiger partial charge in [-0.25, -0.2) is 4.98 Å². The highest BCUT2D eigenvalue weighted by Crippen LogP contribution is 2.26. The van der Waals surface area contributed by atoms with E-state index in [1.165, 1.54) is 0 Å². The number of allylic oxidation sites excluding steroid dienone is 2. The number of amides is 1. The van der Waals surface area contributed by atoms with Crippen LogP contribution in [0.15, 0.2) is 60.6 Å². The molecular weight excluding hydrogens is 392 g/mol. The van der Waals surface area contributed by atoms with Crippen LogP contribution in [0.4, 0.5) is 11.4 Å². The maximum absolute atomic E-state index is 12.9. The van der Waals surface area contributed by atoms with Crippen molar-refractivity contribution in [1.29, 1.82) is 0 Å². The molecule has 0 saturated heterocycles. The van der Waals surface area contributed by atoms with Gasteiger partial charge >= 0.3 is 0 Å². The summed E-state index contributed by atoms with van der Waals surface area (Å²) in [4.78, 5) is 24.8. The summed E-state index contributed by atoms with van der Waals surface area (Å²) in [6.07, 6.45) is 8.64. The number of aromatic nitrogens is 3. The van der Waals surface area contributed by atoms with Gasteiger partial charge in [0.1, 0.15) is 0 Å². The number of hydrogen-bond acceptors (Lipinski definition) is 6. The smallest absolute Gasteiger partial charge is 0.291 e. The minimum Gasteiger partial charge on any atom is -0.448 e. The molecule has 8 nitrogen and oxygen atoms in total. The van der Waals surface area contributed by atoms with Gasteiger partial charge in [0.15, 0.2) is 17.3 Å². The number of pyridine rings is 1. The molecule has 0 aliphatic carbocycles. The quantitative estimate of drug-likeness (QED) is 0.396. The number of H-pyrrole nitrogens is 1. The van der Waals surface area contributed by atoms with Gasteiger partial charge in [0.2, 0.25) is 0 Å². The highest BCUT2D eigenvalue weighted by atomic mass is 16.5. The van der Waals surface area contributed by atoms with Crippen LogP contribution in [-0.2, 0) is 9.53 Å². The SMILES string of the molecule is CCCNCCNc1ccncc1NC(=O)C1=CCC=C(c2nc3ccccc3[nH]2)O1. The molecule has 2 aromatic heterocycles. The minimum atomic E-state index is -0.332. The number of aromatic amines is 1. The van der Waals surface area contributed by atoms with Crippen molar-refractivity contribution in [2.24, 2.45) is 0 Å². The van der Waals surface area contributed by atoms with Crippen molar-refractivity contribution in [3.63, 3.8) is 0 Å². The van der Waals surface area contributed by atoms with Gasteiger partial charge in [0, 0.05) is 19.3 Å². The molecule has 1 aliphatic heterocycles. The lowest BCUT2D eigenvalue weighted by Gasteiger charge is -2.17. The van der Waals surface area contributed by atoms with Gasteiger partial charge in [-0.15, -0.1) is 0 Å². The monoisotopic (exact) mass is 418 g/mol. The first-order valence-electron chi connectivity index (χ1n) is 10.5. The van der Waals surface area contributed by atoms with Crippen molar-refractivity contribution < 1.29 is 9.53 Å². The van der Waals surface area contributed by atoms with E-state index < -0.39 is 0 Å². The Balaban J connectivity index is 1.39. The van der Waals surface area contributed by atoms with E-state index in [4.69, 9.17) is 4.74 Å². The molecule has 160 valence electrons. The Morgan fingerprint density at radius 1 is 1.13 bits per heavy atom. The summed E-state index contributed by atoms with van der Waals surface area (Å²) in [5.74, 6) is 1.04. The number of fused-ring (bicyclic) bond motifs is 1. The fourth-order valence-corrected chi connectivity index (χ4v) is 3.25. The number of imidazole rings is 1. The number of para-hydroxylation sites is 2. The maximum Gasteiger partial charge on any atom is 0.291 e. The molecule has 0 atom stereocenters. The Hall–Kier alpha value is -3.65. The molecule has 1 aromatic carbocycles. The topological polar surface area (TPSA) is 104 Å². The Morgan fingerprint density at radius 3 is 2.90 bits per heavy atom. The van der Waals surface area contributed by atoms with Crippen LogP contribution in [0.25, 0.3) is 16.8 Å². The van der Waals surface area contributed by atoms with Gasteiger partial charge in [0.05, 0.1) is 28.6 Å².